The van der Waals surface area contributed by atoms with Crippen LogP contribution in [-0.2, 0) is 16.1 Å². The summed E-state index contributed by atoms with van der Waals surface area (Å²) in [6, 6.07) is 16.8. The third-order valence-electron chi connectivity index (χ3n) is 7.31. The average Bonchev–Trinajstić information content (AvgIpc) is 3.22. The summed E-state index contributed by atoms with van der Waals surface area (Å²) in [6.45, 7) is 10.5. The molecule has 1 aliphatic heterocycles. The van der Waals surface area contributed by atoms with Crippen LogP contribution in [0.4, 0.5) is 0 Å². The monoisotopic (exact) mass is 544 g/mol. The lowest BCUT2D eigenvalue weighted by Gasteiger charge is -2.40. The molecule has 2 amide bonds. The number of aromatic nitrogens is 4. The zero-order chi connectivity index (χ0) is 27.5. The summed E-state index contributed by atoms with van der Waals surface area (Å²) in [5, 5.41) is 10.7. The number of carbonyl (C=O) groups excluding carboxylic acids is 2. The van der Waals surface area contributed by atoms with Gasteiger partial charge in [0.25, 0.3) is 0 Å². The van der Waals surface area contributed by atoms with Gasteiger partial charge < -0.3 is 14.4 Å². The lowest BCUT2D eigenvalue weighted by Crippen LogP contribution is -2.56. The number of benzene rings is 2. The molecule has 2 aromatic heterocycles. The van der Waals surface area contributed by atoms with Crippen molar-refractivity contribution in [1.29, 1.82) is 0 Å². The molecule has 9 heteroatoms. The summed E-state index contributed by atoms with van der Waals surface area (Å²) in [6.07, 6.45) is 1.21. The number of thioether (sulfide) groups is 1. The van der Waals surface area contributed by atoms with Crippen LogP contribution < -0.4 is 0 Å². The molecule has 0 radical (unpaired) electrons. The Balaban J connectivity index is 1.23. The van der Waals surface area contributed by atoms with E-state index < -0.39 is 0 Å². The Morgan fingerprint density at radius 2 is 1.87 bits per heavy atom. The molecule has 3 heterocycles. The molecular formula is C30H36N6O2S. The Morgan fingerprint density at radius 1 is 1.08 bits per heavy atom. The smallest absolute Gasteiger partial charge is 0.225 e. The summed E-state index contributed by atoms with van der Waals surface area (Å²) in [5.41, 5.74) is 5.11. The number of amides is 2. The molecule has 1 atom stereocenters. The largest absolute Gasteiger partial charge is 0.339 e. The van der Waals surface area contributed by atoms with Gasteiger partial charge in [-0.2, -0.15) is 0 Å². The van der Waals surface area contributed by atoms with Crippen molar-refractivity contribution in [1.82, 2.24) is 29.5 Å². The molecule has 0 spiro atoms. The second kappa shape index (κ2) is 11.7. The molecule has 0 bridgehead atoms. The predicted octanol–water partition coefficient (Wildman–Crippen LogP) is 4.92. The van der Waals surface area contributed by atoms with E-state index in [0.717, 1.165) is 34.2 Å². The van der Waals surface area contributed by atoms with E-state index >= 15 is 0 Å². The summed E-state index contributed by atoms with van der Waals surface area (Å²) in [4.78, 5) is 34.0. The highest BCUT2D eigenvalue weighted by Gasteiger charge is 2.30. The van der Waals surface area contributed by atoms with Crippen molar-refractivity contribution in [2.45, 2.75) is 58.3 Å². The SMILES string of the molecule is Cc1ccc2c(c1)c1nnc(SCCCC(=O)N3CCN(C(=O)C(C)C)C(C)C3)nc1n2Cc1ccccc1. The first-order valence-electron chi connectivity index (χ1n) is 13.7. The third kappa shape index (κ3) is 5.93. The maximum absolute atomic E-state index is 12.9. The molecule has 4 aromatic rings. The zero-order valence-corrected chi connectivity index (χ0v) is 23.9. The van der Waals surface area contributed by atoms with Crippen LogP contribution in [0.3, 0.4) is 0 Å². The Morgan fingerprint density at radius 3 is 2.62 bits per heavy atom. The molecule has 1 aliphatic rings. The molecule has 5 rings (SSSR count). The Labute approximate surface area is 233 Å². The van der Waals surface area contributed by atoms with Crippen molar-refractivity contribution >= 4 is 45.6 Å². The number of fused-ring (bicyclic) bond motifs is 3. The van der Waals surface area contributed by atoms with Crippen LogP contribution in [0.5, 0.6) is 0 Å². The minimum Gasteiger partial charge on any atom is -0.339 e. The van der Waals surface area contributed by atoms with Gasteiger partial charge in [0.1, 0.15) is 5.52 Å². The van der Waals surface area contributed by atoms with Gasteiger partial charge in [-0.05, 0) is 38.0 Å². The van der Waals surface area contributed by atoms with Crippen molar-refractivity contribution in [3.63, 3.8) is 0 Å². The van der Waals surface area contributed by atoms with Crippen molar-refractivity contribution in [2.24, 2.45) is 5.92 Å². The Bertz CT molecular complexity index is 1490. The fraction of sp³-hybridized carbons (Fsp3) is 0.433. The van der Waals surface area contributed by atoms with Gasteiger partial charge in [-0.25, -0.2) is 4.98 Å². The normalized spacial score (nSPS) is 16.0. The topological polar surface area (TPSA) is 84.2 Å². The third-order valence-corrected chi connectivity index (χ3v) is 8.23. The van der Waals surface area contributed by atoms with Crippen LogP contribution in [0.15, 0.2) is 53.7 Å². The van der Waals surface area contributed by atoms with Crippen LogP contribution in [0, 0.1) is 12.8 Å². The fourth-order valence-electron chi connectivity index (χ4n) is 5.23. The van der Waals surface area contributed by atoms with Gasteiger partial charge >= 0.3 is 0 Å². The van der Waals surface area contributed by atoms with Gasteiger partial charge in [0.05, 0.1) is 5.52 Å². The molecule has 0 saturated carbocycles. The molecule has 0 N–H and O–H groups in total. The first-order chi connectivity index (χ1) is 18.8. The highest BCUT2D eigenvalue weighted by molar-refractivity contribution is 7.99. The number of hydrogen-bond donors (Lipinski definition) is 0. The highest BCUT2D eigenvalue weighted by atomic mass is 32.2. The lowest BCUT2D eigenvalue weighted by atomic mass is 10.1. The van der Waals surface area contributed by atoms with Gasteiger partial charge in [-0.15, -0.1) is 10.2 Å². The van der Waals surface area contributed by atoms with Crippen molar-refractivity contribution in [3.8, 4) is 0 Å². The lowest BCUT2D eigenvalue weighted by molar-refractivity contribution is -0.144. The van der Waals surface area contributed by atoms with Crippen molar-refractivity contribution in [2.75, 3.05) is 25.4 Å². The molecule has 1 fully saturated rings. The Hall–Kier alpha value is -3.46. The minimum atomic E-state index is -0.0219. The first kappa shape index (κ1) is 27.1. The summed E-state index contributed by atoms with van der Waals surface area (Å²) >= 11 is 1.54. The second-order valence-corrected chi connectivity index (χ2v) is 11.7. The second-order valence-electron chi connectivity index (χ2n) is 10.7. The van der Waals surface area contributed by atoms with E-state index in [4.69, 9.17) is 4.98 Å². The fourth-order valence-corrected chi connectivity index (χ4v) is 5.95. The number of rotatable bonds is 8. The van der Waals surface area contributed by atoms with E-state index in [-0.39, 0.29) is 23.8 Å². The summed E-state index contributed by atoms with van der Waals surface area (Å²) in [7, 11) is 0. The van der Waals surface area contributed by atoms with Gasteiger partial charge in [0.15, 0.2) is 5.65 Å². The van der Waals surface area contributed by atoms with Crippen molar-refractivity contribution in [3.05, 3.63) is 59.7 Å². The molecule has 39 heavy (non-hydrogen) atoms. The van der Waals surface area contributed by atoms with E-state index in [2.05, 4.69) is 64.2 Å². The number of nitrogens with zero attached hydrogens (tertiary/aromatic N) is 6. The molecule has 1 saturated heterocycles. The number of aryl methyl sites for hydroxylation is 1. The predicted molar refractivity (Wildman–Crippen MR) is 156 cm³/mol. The molecule has 2 aromatic carbocycles. The highest BCUT2D eigenvalue weighted by Crippen LogP contribution is 2.29. The van der Waals surface area contributed by atoms with E-state index in [9.17, 15) is 9.59 Å². The van der Waals surface area contributed by atoms with Crippen LogP contribution in [0.2, 0.25) is 0 Å². The van der Waals surface area contributed by atoms with Crippen LogP contribution in [-0.4, -0.2) is 72.8 Å². The average molecular weight is 545 g/mol. The van der Waals surface area contributed by atoms with Crippen LogP contribution in [0.1, 0.15) is 44.7 Å². The maximum Gasteiger partial charge on any atom is 0.225 e. The molecule has 1 unspecified atom stereocenters. The van der Waals surface area contributed by atoms with Crippen LogP contribution in [0.25, 0.3) is 22.1 Å². The molecular weight excluding hydrogens is 508 g/mol. The van der Waals surface area contributed by atoms with E-state index in [1.54, 1.807) is 0 Å². The molecule has 8 nitrogen and oxygen atoms in total. The quantitative estimate of drug-likeness (QED) is 0.231. The van der Waals surface area contributed by atoms with E-state index in [1.165, 1.54) is 22.9 Å². The number of hydrogen-bond acceptors (Lipinski definition) is 6. The minimum absolute atomic E-state index is 0.0219. The standard InChI is InChI=1S/C30H36N6O2S/c1-20(2)29(38)35-15-14-34(18-22(35)4)26(37)11-8-16-39-30-31-28-27(32-33-30)24-17-21(3)12-13-25(24)36(28)19-23-9-6-5-7-10-23/h5-7,9-10,12-13,17,20,22H,8,11,14-16,18-19H2,1-4H3. The number of carbonyl (C=O) groups is 2. The molecule has 0 aliphatic carbocycles. The maximum atomic E-state index is 12.9. The molecule has 204 valence electrons. The van der Waals surface area contributed by atoms with Crippen molar-refractivity contribution < 1.29 is 9.59 Å². The van der Waals surface area contributed by atoms with Gasteiger partial charge in [0, 0.05) is 55.7 Å². The van der Waals surface area contributed by atoms with E-state index in [1.807, 2.05) is 36.6 Å². The number of piperazine rings is 1. The first-order valence-corrected chi connectivity index (χ1v) is 14.7. The Kier molecular flexibility index (Phi) is 8.16. The van der Waals surface area contributed by atoms with E-state index in [0.29, 0.717) is 37.8 Å². The van der Waals surface area contributed by atoms with Crippen LogP contribution >= 0.6 is 11.8 Å². The van der Waals surface area contributed by atoms with Gasteiger partial charge in [-0.1, -0.05) is 67.6 Å². The zero-order valence-electron chi connectivity index (χ0n) is 23.1. The van der Waals surface area contributed by atoms with Gasteiger partial charge in [0.2, 0.25) is 17.0 Å². The summed E-state index contributed by atoms with van der Waals surface area (Å²) in [5.74, 6) is 1.02. The summed E-state index contributed by atoms with van der Waals surface area (Å²) < 4.78 is 2.21. The van der Waals surface area contributed by atoms with Gasteiger partial charge in [-0.3, -0.25) is 9.59 Å².